The van der Waals surface area contributed by atoms with Crippen LogP contribution in [0.2, 0.25) is 0 Å². The summed E-state index contributed by atoms with van der Waals surface area (Å²) in [4.78, 5) is 9.12. The Morgan fingerprint density at radius 2 is 1.70 bits per heavy atom. The van der Waals surface area contributed by atoms with Gasteiger partial charge in [-0.25, -0.2) is 9.97 Å². The molecule has 2 aromatic carbocycles. The minimum absolute atomic E-state index is 0.221. The van der Waals surface area contributed by atoms with Gasteiger partial charge < -0.3 is 16.2 Å². The van der Waals surface area contributed by atoms with Gasteiger partial charge in [0.15, 0.2) is 5.82 Å². The molecular formula is C18H18N4O. The molecule has 1 heterocycles. The van der Waals surface area contributed by atoms with Gasteiger partial charge >= 0.3 is 0 Å². The van der Waals surface area contributed by atoms with E-state index in [1.165, 1.54) is 0 Å². The Balaban J connectivity index is 2.05. The predicted molar refractivity (Wildman–Crippen MR) is 92.1 cm³/mol. The maximum absolute atomic E-state index is 9.41. The number of nitrogens with two attached hydrogens (primary N) is 1. The molecule has 0 amide bonds. The molecule has 0 atom stereocenters. The molecule has 4 N–H and O–H groups in total. The van der Waals surface area contributed by atoms with Gasteiger partial charge in [-0.05, 0) is 24.3 Å². The first-order chi connectivity index (χ1) is 11.3. The van der Waals surface area contributed by atoms with E-state index in [0.717, 1.165) is 22.5 Å². The van der Waals surface area contributed by atoms with Gasteiger partial charge in [-0.1, -0.05) is 30.3 Å². The van der Waals surface area contributed by atoms with Crippen LogP contribution in [0.4, 0.5) is 5.69 Å². The average Bonchev–Trinajstić information content (AvgIpc) is 2.61. The molecule has 3 rings (SSSR count). The summed E-state index contributed by atoms with van der Waals surface area (Å²) < 4.78 is 0. The molecule has 0 bridgehead atoms. The first-order valence-corrected chi connectivity index (χ1v) is 7.44. The van der Waals surface area contributed by atoms with Gasteiger partial charge in [0, 0.05) is 24.2 Å². The fraction of sp³-hybridized carbons (Fsp3) is 0.111. The number of hydrogen-bond acceptors (Lipinski definition) is 5. The first kappa shape index (κ1) is 15.0. The van der Waals surface area contributed by atoms with Crippen LogP contribution in [0.25, 0.3) is 22.6 Å². The highest BCUT2D eigenvalue weighted by atomic mass is 16.3. The van der Waals surface area contributed by atoms with E-state index in [9.17, 15) is 5.11 Å². The van der Waals surface area contributed by atoms with Crippen molar-refractivity contribution in [1.82, 2.24) is 9.97 Å². The van der Waals surface area contributed by atoms with E-state index in [4.69, 9.17) is 10.7 Å². The van der Waals surface area contributed by atoms with Crippen LogP contribution >= 0.6 is 0 Å². The molecule has 5 nitrogen and oxygen atoms in total. The SMILES string of the molecule is NCCNc1cnc(-c2ccc(O)cc2)nc1-c1ccccc1. The number of nitrogens with one attached hydrogen (secondary N) is 1. The second-order valence-electron chi connectivity index (χ2n) is 5.08. The fourth-order valence-electron chi connectivity index (χ4n) is 2.28. The largest absolute Gasteiger partial charge is 0.508 e. The second kappa shape index (κ2) is 6.89. The fourth-order valence-corrected chi connectivity index (χ4v) is 2.28. The highest BCUT2D eigenvalue weighted by molar-refractivity contribution is 5.75. The second-order valence-corrected chi connectivity index (χ2v) is 5.08. The van der Waals surface area contributed by atoms with Crippen LogP contribution in [0.5, 0.6) is 5.75 Å². The van der Waals surface area contributed by atoms with Crippen molar-refractivity contribution in [3.8, 4) is 28.4 Å². The number of aromatic hydroxyl groups is 1. The van der Waals surface area contributed by atoms with Gasteiger partial charge in [-0.15, -0.1) is 0 Å². The zero-order valence-electron chi connectivity index (χ0n) is 12.6. The number of rotatable bonds is 5. The highest BCUT2D eigenvalue weighted by Gasteiger charge is 2.10. The van der Waals surface area contributed by atoms with Gasteiger partial charge in [-0.3, -0.25) is 0 Å². The Hall–Kier alpha value is -2.92. The molecule has 0 spiro atoms. The molecular weight excluding hydrogens is 288 g/mol. The molecule has 0 aliphatic rings. The maximum atomic E-state index is 9.41. The third-order valence-electron chi connectivity index (χ3n) is 3.42. The molecule has 3 aromatic rings. The lowest BCUT2D eigenvalue weighted by Gasteiger charge is -2.12. The van der Waals surface area contributed by atoms with E-state index in [1.54, 1.807) is 30.5 Å². The number of anilines is 1. The minimum atomic E-state index is 0.221. The van der Waals surface area contributed by atoms with Crippen molar-refractivity contribution < 1.29 is 5.11 Å². The molecule has 5 heteroatoms. The summed E-state index contributed by atoms with van der Waals surface area (Å²) in [6.07, 6.45) is 1.77. The topological polar surface area (TPSA) is 84.1 Å². The Bertz CT molecular complexity index is 773. The Kier molecular flexibility index (Phi) is 4.49. The third-order valence-corrected chi connectivity index (χ3v) is 3.42. The molecule has 0 unspecified atom stereocenters. The molecule has 0 aliphatic carbocycles. The lowest BCUT2D eigenvalue weighted by molar-refractivity contribution is 0.475. The van der Waals surface area contributed by atoms with Gasteiger partial charge in [-0.2, -0.15) is 0 Å². The van der Waals surface area contributed by atoms with Crippen molar-refractivity contribution in [2.75, 3.05) is 18.4 Å². The molecule has 23 heavy (non-hydrogen) atoms. The van der Waals surface area contributed by atoms with E-state index in [1.807, 2.05) is 30.3 Å². The molecule has 0 fully saturated rings. The number of hydrogen-bond donors (Lipinski definition) is 3. The Morgan fingerprint density at radius 1 is 0.957 bits per heavy atom. The standard InChI is InChI=1S/C18H18N4O/c19-10-11-20-16-12-21-18(14-6-8-15(23)9-7-14)22-17(16)13-4-2-1-3-5-13/h1-9,12,20,23H,10-11,19H2. The minimum Gasteiger partial charge on any atom is -0.508 e. The summed E-state index contributed by atoms with van der Waals surface area (Å²) in [6, 6.07) is 16.8. The average molecular weight is 306 g/mol. The van der Waals surface area contributed by atoms with Crippen molar-refractivity contribution >= 4 is 5.69 Å². The van der Waals surface area contributed by atoms with Gasteiger partial charge in [0.1, 0.15) is 5.75 Å². The quantitative estimate of drug-likeness (QED) is 0.675. The van der Waals surface area contributed by atoms with E-state index in [0.29, 0.717) is 18.9 Å². The summed E-state index contributed by atoms with van der Waals surface area (Å²) in [5.74, 6) is 0.834. The Morgan fingerprint density at radius 3 is 2.39 bits per heavy atom. The van der Waals surface area contributed by atoms with Crippen LogP contribution < -0.4 is 11.1 Å². The van der Waals surface area contributed by atoms with Gasteiger partial charge in [0.05, 0.1) is 17.6 Å². The molecule has 0 aliphatic heterocycles. The van der Waals surface area contributed by atoms with Crippen LogP contribution in [-0.4, -0.2) is 28.2 Å². The van der Waals surface area contributed by atoms with E-state index in [2.05, 4.69) is 10.3 Å². The lowest BCUT2D eigenvalue weighted by Crippen LogP contribution is -2.14. The Labute approximate surface area is 134 Å². The van der Waals surface area contributed by atoms with Crippen LogP contribution in [0.3, 0.4) is 0 Å². The molecule has 0 saturated heterocycles. The molecule has 0 radical (unpaired) electrons. The van der Waals surface area contributed by atoms with Crippen LogP contribution in [0.1, 0.15) is 0 Å². The summed E-state index contributed by atoms with van der Waals surface area (Å²) in [5, 5.41) is 12.7. The van der Waals surface area contributed by atoms with Crippen LogP contribution in [-0.2, 0) is 0 Å². The van der Waals surface area contributed by atoms with Gasteiger partial charge in [0.25, 0.3) is 0 Å². The number of benzene rings is 2. The smallest absolute Gasteiger partial charge is 0.159 e. The van der Waals surface area contributed by atoms with Crippen LogP contribution in [0.15, 0.2) is 60.8 Å². The summed E-state index contributed by atoms with van der Waals surface area (Å²) in [7, 11) is 0. The highest BCUT2D eigenvalue weighted by Crippen LogP contribution is 2.28. The van der Waals surface area contributed by atoms with E-state index < -0.39 is 0 Å². The normalized spacial score (nSPS) is 10.5. The van der Waals surface area contributed by atoms with Crippen molar-refractivity contribution in [2.24, 2.45) is 5.73 Å². The van der Waals surface area contributed by atoms with Crippen molar-refractivity contribution in [3.63, 3.8) is 0 Å². The number of phenolic OH excluding ortho intramolecular Hbond substituents is 1. The third kappa shape index (κ3) is 3.46. The summed E-state index contributed by atoms with van der Waals surface area (Å²) in [6.45, 7) is 1.19. The predicted octanol–water partition coefficient (Wildman–Crippen LogP) is 2.89. The first-order valence-electron chi connectivity index (χ1n) is 7.44. The molecule has 1 aromatic heterocycles. The number of aromatic nitrogens is 2. The van der Waals surface area contributed by atoms with E-state index in [-0.39, 0.29) is 5.75 Å². The monoisotopic (exact) mass is 306 g/mol. The van der Waals surface area contributed by atoms with Crippen molar-refractivity contribution in [2.45, 2.75) is 0 Å². The van der Waals surface area contributed by atoms with Crippen molar-refractivity contribution in [3.05, 3.63) is 60.8 Å². The zero-order chi connectivity index (χ0) is 16.1. The summed E-state index contributed by atoms with van der Waals surface area (Å²) >= 11 is 0. The zero-order valence-corrected chi connectivity index (χ0v) is 12.6. The van der Waals surface area contributed by atoms with Crippen molar-refractivity contribution in [1.29, 1.82) is 0 Å². The number of phenols is 1. The van der Waals surface area contributed by atoms with E-state index >= 15 is 0 Å². The molecule has 0 saturated carbocycles. The number of nitrogens with zero attached hydrogens (tertiary/aromatic N) is 2. The summed E-state index contributed by atoms with van der Waals surface area (Å²) in [5.41, 5.74) is 9.12. The lowest BCUT2D eigenvalue weighted by atomic mass is 10.1. The van der Waals surface area contributed by atoms with Crippen LogP contribution in [0, 0.1) is 0 Å². The molecule has 116 valence electrons. The maximum Gasteiger partial charge on any atom is 0.159 e. The van der Waals surface area contributed by atoms with Gasteiger partial charge in [0.2, 0.25) is 0 Å².